The number of hydrogen-bond donors (Lipinski definition) is 1. The lowest BCUT2D eigenvalue weighted by Gasteiger charge is -2.30. The molecular formula is C17H27NO3. The number of rotatable bonds is 9. The second kappa shape index (κ2) is 8.80. The molecule has 0 unspecified atom stereocenters. The van der Waals surface area contributed by atoms with Crippen LogP contribution in [0.3, 0.4) is 0 Å². The lowest BCUT2D eigenvalue weighted by atomic mass is 10.0. The van der Waals surface area contributed by atoms with E-state index in [1.54, 1.807) is 32.2 Å². The minimum absolute atomic E-state index is 0.0159. The number of carbonyl (C=O) groups excluding carboxylic acids is 1. The van der Waals surface area contributed by atoms with Gasteiger partial charge < -0.3 is 9.84 Å². The van der Waals surface area contributed by atoms with Crippen molar-refractivity contribution in [2.75, 3.05) is 20.3 Å². The standard InChI is InChI=1S/C17H27NO3/c1-5-16(6-2)18(9-10-21-4)12-15-11-14(13(3)19)7-8-17(15)20/h7-8,11,16,20H,5-6,9-10,12H2,1-4H3. The van der Waals surface area contributed by atoms with E-state index < -0.39 is 0 Å². The predicted molar refractivity (Wildman–Crippen MR) is 84.8 cm³/mol. The number of aromatic hydroxyl groups is 1. The van der Waals surface area contributed by atoms with Crippen LogP contribution < -0.4 is 0 Å². The Balaban J connectivity index is 2.95. The number of carbonyl (C=O) groups is 1. The Bertz CT molecular complexity index is 455. The number of Topliss-reactive ketones (excluding diaryl/α,β-unsaturated/α-hetero) is 1. The van der Waals surface area contributed by atoms with Gasteiger partial charge in [0.15, 0.2) is 5.78 Å². The third-order valence-corrected chi connectivity index (χ3v) is 3.90. The van der Waals surface area contributed by atoms with Crippen molar-refractivity contribution in [3.05, 3.63) is 29.3 Å². The van der Waals surface area contributed by atoms with E-state index in [1.165, 1.54) is 0 Å². The second-order valence-corrected chi connectivity index (χ2v) is 5.33. The van der Waals surface area contributed by atoms with E-state index in [9.17, 15) is 9.90 Å². The van der Waals surface area contributed by atoms with E-state index in [0.29, 0.717) is 24.8 Å². The van der Waals surface area contributed by atoms with Crippen molar-refractivity contribution in [3.63, 3.8) is 0 Å². The van der Waals surface area contributed by atoms with Crippen molar-refractivity contribution in [1.29, 1.82) is 0 Å². The predicted octanol–water partition coefficient (Wildman–Crippen LogP) is 3.23. The third-order valence-electron chi connectivity index (χ3n) is 3.90. The van der Waals surface area contributed by atoms with Crippen LogP contribution in [0, 0.1) is 0 Å². The summed E-state index contributed by atoms with van der Waals surface area (Å²) < 4.78 is 5.18. The molecule has 118 valence electrons. The molecule has 0 bridgehead atoms. The third kappa shape index (κ3) is 5.14. The Morgan fingerprint density at radius 1 is 1.33 bits per heavy atom. The average Bonchev–Trinajstić information content (AvgIpc) is 2.47. The summed E-state index contributed by atoms with van der Waals surface area (Å²) >= 11 is 0. The van der Waals surface area contributed by atoms with Crippen LogP contribution in [0.5, 0.6) is 5.75 Å². The SMILES string of the molecule is CCC(CC)N(CCOC)Cc1cc(C(C)=O)ccc1O. The lowest BCUT2D eigenvalue weighted by molar-refractivity contribution is 0.101. The van der Waals surface area contributed by atoms with Gasteiger partial charge >= 0.3 is 0 Å². The molecule has 0 aliphatic heterocycles. The summed E-state index contributed by atoms with van der Waals surface area (Å²) in [6.45, 7) is 7.97. The van der Waals surface area contributed by atoms with Gasteiger partial charge in [-0.25, -0.2) is 0 Å². The molecule has 0 spiro atoms. The maximum absolute atomic E-state index is 11.5. The largest absolute Gasteiger partial charge is 0.508 e. The number of phenolic OH excluding ortho intramolecular Hbond substituents is 1. The van der Waals surface area contributed by atoms with Gasteiger partial charge in [0.25, 0.3) is 0 Å². The highest BCUT2D eigenvalue weighted by Crippen LogP contribution is 2.23. The molecule has 0 saturated carbocycles. The highest BCUT2D eigenvalue weighted by Gasteiger charge is 2.17. The summed E-state index contributed by atoms with van der Waals surface area (Å²) in [6.07, 6.45) is 2.10. The molecule has 0 fully saturated rings. The van der Waals surface area contributed by atoms with Crippen molar-refractivity contribution in [3.8, 4) is 5.75 Å². The average molecular weight is 293 g/mol. The Morgan fingerprint density at radius 3 is 2.52 bits per heavy atom. The number of benzene rings is 1. The molecule has 0 saturated heterocycles. The number of hydrogen-bond acceptors (Lipinski definition) is 4. The molecule has 4 nitrogen and oxygen atoms in total. The van der Waals surface area contributed by atoms with Crippen molar-refractivity contribution >= 4 is 5.78 Å². The van der Waals surface area contributed by atoms with Gasteiger partial charge in [-0.2, -0.15) is 0 Å². The van der Waals surface area contributed by atoms with Crippen LogP contribution in [-0.2, 0) is 11.3 Å². The fourth-order valence-corrected chi connectivity index (χ4v) is 2.55. The molecule has 4 heteroatoms. The molecule has 0 amide bonds. The summed E-state index contributed by atoms with van der Waals surface area (Å²) in [7, 11) is 1.69. The van der Waals surface area contributed by atoms with Crippen LogP contribution in [0.1, 0.15) is 49.5 Å². The quantitative estimate of drug-likeness (QED) is 0.710. The summed E-state index contributed by atoms with van der Waals surface area (Å²) in [5, 5.41) is 10.0. The van der Waals surface area contributed by atoms with Crippen LogP contribution in [0.15, 0.2) is 18.2 Å². The fraction of sp³-hybridized carbons (Fsp3) is 0.588. The van der Waals surface area contributed by atoms with E-state index in [2.05, 4.69) is 18.7 Å². The molecular weight excluding hydrogens is 266 g/mol. The smallest absolute Gasteiger partial charge is 0.159 e. The zero-order valence-corrected chi connectivity index (χ0v) is 13.6. The van der Waals surface area contributed by atoms with Crippen LogP contribution in [0.2, 0.25) is 0 Å². The van der Waals surface area contributed by atoms with Crippen molar-refractivity contribution in [2.45, 2.75) is 46.2 Å². The Kier molecular flexibility index (Phi) is 7.40. The zero-order valence-electron chi connectivity index (χ0n) is 13.6. The first-order valence-electron chi connectivity index (χ1n) is 7.59. The highest BCUT2D eigenvalue weighted by atomic mass is 16.5. The van der Waals surface area contributed by atoms with Crippen LogP contribution in [0.25, 0.3) is 0 Å². The first kappa shape index (κ1) is 17.7. The van der Waals surface area contributed by atoms with E-state index in [1.807, 2.05) is 0 Å². The summed E-state index contributed by atoms with van der Waals surface area (Å²) in [5.74, 6) is 0.260. The number of nitrogens with zero attached hydrogens (tertiary/aromatic N) is 1. The molecule has 1 N–H and O–H groups in total. The molecule has 0 aliphatic carbocycles. The van der Waals surface area contributed by atoms with E-state index in [-0.39, 0.29) is 11.5 Å². The Morgan fingerprint density at radius 2 is 2.00 bits per heavy atom. The maximum Gasteiger partial charge on any atom is 0.159 e. The van der Waals surface area contributed by atoms with E-state index in [0.717, 1.165) is 24.9 Å². The second-order valence-electron chi connectivity index (χ2n) is 5.33. The van der Waals surface area contributed by atoms with Gasteiger partial charge in [-0.1, -0.05) is 13.8 Å². The molecule has 21 heavy (non-hydrogen) atoms. The van der Waals surface area contributed by atoms with Crippen molar-refractivity contribution in [1.82, 2.24) is 4.90 Å². The molecule has 1 aromatic carbocycles. The Hall–Kier alpha value is -1.39. The normalized spacial score (nSPS) is 11.3. The number of ether oxygens (including phenoxy) is 1. The van der Waals surface area contributed by atoms with Gasteiger partial charge in [0.2, 0.25) is 0 Å². The van der Waals surface area contributed by atoms with Crippen LogP contribution >= 0.6 is 0 Å². The van der Waals surface area contributed by atoms with Crippen molar-refractivity contribution in [2.24, 2.45) is 0 Å². The monoisotopic (exact) mass is 293 g/mol. The molecule has 0 radical (unpaired) electrons. The van der Waals surface area contributed by atoms with Crippen LogP contribution in [-0.4, -0.2) is 42.1 Å². The summed E-state index contributed by atoms with van der Waals surface area (Å²) in [6, 6.07) is 5.51. The van der Waals surface area contributed by atoms with E-state index >= 15 is 0 Å². The highest BCUT2D eigenvalue weighted by molar-refractivity contribution is 5.94. The van der Waals surface area contributed by atoms with Gasteiger partial charge in [0, 0.05) is 37.4 Å². The molecule has 0 aromatic heterocycles. The van der Waals surface area contributed by atoms with Crippen LogP contribution in [0.4, 0.5) is 0 Å². The minimum Gasteiger partial charge on any atom is -0.508 e. The van der Waals surface area contributed by atoms with Gasteiger partial charge in [0.1, 0.15) is 5.75 Å². The molecule has 0 aliphatic rings. The summed E-state index contributed by atoms with van der Waals surface area (Å²) in [5.41, 5.74) is 1.43. The first-order chi connectivity index (χ1) is 10.0. The van der Waals surface area contributed by atoms with Gasteiger partial charge in [-0.15, -0.1) is 0 Å². The Labute approximate surface area is 127 Å². The minimum atomic E-state index is 0.0159. The summed E-state index contributed by atoms with van der Waals surface area (Å²) in [4.78, 5) is 13.8. The fourth-order valence-electron chi connectivity index (χ4n) is 2.55. The van der Waals surface area contributed by atoms with E-state index in [4.69, 9.17) is 4.74 Å². The zero-order chi connectivity index (χ0) is 15.8. The maximum atomic E-state index is 11.5. The van der Waals surface area contributed by atoms with Gasteiger partial charge in [0.05, 0.1) is 6.61 Å². The molecule has 1 rings (SSSR count). The molecule has 1 aromatic rings. The van der Waals surface area contributed by atoms with Gasteiger partial charge in [-0.05, 0) is 38.0 Å². The number of methoxy groups -OCH3 is 1. The number of ketones is 1. The topological polar surface area (TPSA) is 49.8 Å². The van der Waals surface area contributed by atoms with Crippen molar-refractivity contribution < 1.29 is 14.6 Å². The van der Waals surface area contributed by atoms with Gasteiger partial charge in [-0.3, -0.25) is 9.69 Å². The number of phenols is 1. The molecule has 0 heterocycles. The first-order valence-corrected chi connectivity index (χ1v) is 7.59. The molecule has 0 atom stereocenters. The lowest BCUT2D eigenvalue weighted by Crippen LogP contribution is -2.36.